The molecule has 0 fully saturated rings. The van der Waals surface area contributed by atoms with Crippen LogP contribution < -0.4 is 0 Å². The molecule has 1 aromatic heterocycles. The molecule has 11 aromatic rings. The molecule has 0 amide bonds. The predicted octanol–water partition coefficient (Wildman–Crippen LogP) is 15.7. The van der Waals surface area contributed by atoms with Crippen LogP contribution in [0, 0.1) is 0 Å². The van der Waals surface area contributed by atoms with E-state index in [1.54, 1.807) is 0 Å². The van der Waals surface area contributed by atoms with Crippen LogP contribution in [-0.2, 0) is 0 Å². The first-order valence-corrected chi connectivity index (χ1v) is 20.1. The minimum atomic E-state index is 1.04. The lowest BCUT2D eigenvalue weighted by Crippen LogP contribution is -1.90. The molecule has 2 aliphatic rings. The van der Waals surface area contributed by atoms with E-state index in [1.807, 2.05) is 12.3 Å². The minimum absolute atomic E-state index is 1.04. The molecule has 0 aliphatic heterocycles. The van der Waals surface area contributed by atoms with Gasteiger partial charge in [-0.05, 0) is 152 Å². The molecule has 0 unspecified atom stereocenters. The smallest absolute Gasteiger partial charge is 0.0780 e. The van der Waals surface area contributed by atoms with Crippen molar-refractivity contribution in [2.75, 3.05) is 0 Å². The second-order valence-corrected chi connectivity index (χ2v) is 15.8. The molecule has 2 aliphatic carbocycles. The summed E-state index contributed by atoms with van der Waals surface area (Å²) >= 11 is 0. The van der Waals surface area contributed by atoms with E-state index in [-0.39, 0.29) is 0 Å². The molecule has 0 spiro atoms. The maximum atomic E-state index is 4.78. The summed E-state index contributed by atoms with van der Waals surface area (Å²) in [4.78, 5) is 4.78. The second kappa shape index (κ2) is 11.9. The molecule has 13 rings (SSSR count). The van der Waals surface area contributed by atoms with Gasteiger partial charge in [0.25, 0.3) is 0 Å². The highest BCUT2D eigenvalue weighted by atomic mass is 14.6. The molecule has 1 nitrogen and oxygen atoms in total. The van der Waals surface area contributed by atoms with Gasteiger partial charge in [0.15, 0.2) is 0 Å². The van der Waals surface area contributed by atoms with Gasteiger partial charge in [0.2, 0.25) is 0 Å². The fraction of sp³-hybridized carbons (Fsp3) is 0. The van der Waals surface area contributed by atoms with E-state index < -0.39 is 0 Å². The van der Waals surface area contributed by atoms with Gasteiger partial charge in [0, 0.05) is 17.0 Å². The van der Waals surface area contributed by atoms with Crippen LogP contribution in [0.5, 0.6) is 0 Å². The summed E-state index contributed by atoms with van der Waals surface area (Å²) in [6, 6.07) is 72.2. The SMILES string of the molecule is c1cc(-c2cc(-c3ccc4c5c(cccc35)-c3ccccc3-4)cc(-c3ccc4c5c(cccc35)-c3ccccc3-4)c2)cc(-c2cc3cccnc3c3ccccc23)c1. The number of aromatic nitrogens is 1. The van der Waals surface area contributed by atoms with E-state index in [0.717, 1.165) is 10.9 Å². The molecule has 10 aromatic carbocycles. The highest BCUT2D eigenvalue weighted by molar-refractivity contribution is 6.21. The average Bonchev–Trinajstić information content (AvgIpc) is 3.80. The lowest BCUT2D eigenvalue weighted by Gasteiger charge is -2.16. The molecular formula is C57H33N. The van der Waals surface area contributed by atoms with E-state index in [1.165, 1.54) is 121 Å². The van der Waals surface area contributed by atoms with Gasteiger partial charge < -0.3 is 0 Å². The Bertz CT molecular complexity index is 3360. The van der Waals surface area contributed by atoms with Crippen molar-refractivity contribution >= 4 is 43.2 Å². The third-order valence-corrected chi connectivity index (χ3v) is 12.8. The first kappa shape index (κ1) is 31.6. The Morgan fingerprint density at radius 3 is 1.31 bits per heavy atom. The molecule has 0 atom stereocenters. The normalized spacial score (nSPS) is 12.1. The molecule has 1 heteroatoms. The Morgan fingerprint density at radius 2 is 0.690 bits per heavy atom. The van der Waals surface area contributed by atoms with E-state index in [9.17, 15) is 0 Å². The Kier molecular flexibility index (Phi) is 6.50. The van der Waals surface area contributed by atoms with Gasteiger partial charge in [0.05, 0.1) is 5.52 Å². The summed E-state index contributed by atoms with van der Waals surface area (Å²) in [6.07, 6.45) is 1.89. The Hall–Kier alpha value is -7.61. The zero-order valence-electron chi connectivity index (χ0n) is 31.5. The predicted molar refractivity (Wildman–Crippen MR) is 245 cm³/mol. The van der Waals surface area contributed by atoms with Crippen LogP contribution >= 0.6 is 0 Å². The van der Waals surface area contributed by atoms with Gasteiger partial charge in [0.1, 0.15) is 0 Å². The van der Waals surface area contributed by atoms with Gasteiger partial charge in [-0.25, -0.2) is 0 Å². The average molecular weight is 732 g/mol. The molecule has 0 bridgehead atoms. The van der Waals surface area contributed by atoms with Crippen molar-refractivity contribution in [3.63, 3.8) is 0 Å². The van der Waals surface area contributed by atoms with Crippen LogP contribution in [0.2, 0.25) is 0 Å². The van der Waals surface area contributed by atoms with Crippen LogP contribution in [0.15, 0.2) is 200 Å². The number of pyridine rings is 1. The summed E-state index contributed by atoms with van der Waals surface area (Å²) in [5.74, 6) is 0. The minimum Gasteiger partial charge on any atom is -0.256 e. The van der Waals surface area contributed by atoms with Crippen molar-refractivity contribution in [2.24, 2.45) is 0 Å². The topological polar surface area (TPSA) is 12.9 Å². The van der Waals surface area contributed by atoms with Crippen LogP contribution in [0.25, 0.3) is 132 Å². The summed E-state index contributed by atoms with van der Waals surface area (Å²) in [6.45, 7) is 0. The zero-order valence-corrected chi connectivity index (χ0v) is 31.5. The van der Waals surface area contributed by atoms with Crippen LogP contribution in [-0.4, -0.2) is 4.98 Å². The fourth-order valence-electron chi connectivity index (χ4n) is 10.2. The highest BCUT2D eigenvalue weighted by Gasteiger charge is 2.25. The monoisotopic (exact) mass is 731 g/mol. The van der Waals surface area contributed by atoms with Crippen molar-refractivity contribution in [1.29, 1.82) is 0 Å². The van der Waals surface area contributed by atoms with E-state index >= 15 is 0 Å². The lowest BCUT2D eigenvalue weighted by molar-refractivity contribution is 1.43. The molecule has 58 heavy (non-hydrogen) atoms. The van der Waals surface area contributed by atoms with Gasteiger partial charge in [-0.15, -0.1) is 0 Å². The van der Waals surface area contributed by atoms with E-state index in [2.05, 4.69) is 188 Å². The molecule has 266 valence electrons. The van der Waals surface area contributed by atoms with Crippen molar-refractivity contribution in [2.45, 2.75) is 0 Å². The Labute approximate surface area is 336 Å². The molecule has 0 saturated heterocycles. The van der Waals surface area contributed by atoms with Gasteiger partial charge in [-0.3, -0.25) is 4.98 Å². The first-order valence-electron chi connectivity index (χ1n) is 20.1. The lowest BCUT2D eigenvalue weighted by atomic mass is 9.87. The number of fused-ring (bicyclic) bond motifs is 9. The largest absolute Gasteiger partial charge is 0.256 e. The Balaban J connectivity index is 1.06. The van der Waals surface area contributed by atoms with Crippen LogP contribution in [0.1, 0.15) is 0 Å². The molecule has 0 saturated carbocycles. The summed E-state index contributed by atoms with van der Waals surface area (Å²) in [5, 5.41) is 8.79. The van der Waals surface area contributed by atoms with Gasteiger partial charge >= 0.3 is 0 Å². The third-order valence-electron chi connectivity index (χ3n) is 12.8. The standard InChI is InChI=1S/C57H33N/c1-3-16-44-42(14-1)49-22-8-20-47-40(24-26-51(44)55(47)49)38-30-37(31-39(32-38)41-25-27-52-45-17-4-2-15-43(45)50-23-9-21-48(41)56(50)52)34-11-7-12-35(29-34)54-33-36-13-10-28-58-57(36)53-19-6-5-18-46(53)54/h1-33H. The van der Waals surface area contributed by atoms with Crippen molar-refractivity contribution in [3.05, 3.63) is 200 Å². The Morgan fingerprint density at radius 1 is 0.241 bits per heavy atom. The number of benzene rings is 10. The first-order chi connectivity index (χ1) is 28.8. The zero-order chi connectivity index (χ0) is 37.9. The second-order valence-electron chi connectivity index (χ2n) is 15.8. The van der Waals surface area contributed by atoms with E-state index in [0.29, 0.717) is 0 Å². The van der Waals surface area contributed by atoms with Crippen molar-refractivity contribution in [3.8, 4) is 89.0 Å². The van der Waals surface area contributed by atoms with Crippen molar-refractivity contribution < 1.29 is 0 Å². The number of rotatable bonds is 4. The number of hydrogen-bond donors (Lipinski definition) is 0. The highest BCUT2D eigenvalue weighted by Crippen LogP contribution is 2.52. The quantitative estimate of drug-likeness (QED) is 0.164. The van der Waals surface area contributed by atoms with Crippen LogP contribution in [0.4, 0.5) is 0 Å². The van der Waals surface area contributed by atoms with E-state index in [4.69, 9.17) is 4.98 Å². The molecular weight excluding hydrogens is 699 g/mol. The molecule has 0 N–H and O–H groups in total. The number of hydrogen-bond acceptors (Lipinski definition) is 1. The third kappa shape index (κ3) is 4.44. The summed E-state index contributed by atoms with van der Waals surface area (Å²) in [7, 11) is 0. The van der Waals surface area contributed by atoms with Crippen molar-refractivity contribution in [1.82, 2.24) is 4.98 Å². The summed E-state index contributed by atoms with van der Waals surface area (Å²) in [5.41, 5.74) is 21.3. The van der Waals surface area contributed by atoms with Gasteiger partial charge in [-0.1, -0.05) is 158 Å². The maximum absolute atomic E-state index is 4.78. The van der Waals surface area contributed by atoms with Gasteiger partial charge in [-0.2, -0.15) is 0 Å². The summed E-state index contributed by atoms with van der Waals surface area (Å²) < 4.78 is 0. The maximum Gasteiger partial charge on any atom is 0.0780 e. The molecule has 0 radical (unpaired) electrons. The van der Waals surface area contributed by atoms with Crippen LogP contribution in [0.3, 0.4) is 0 Å². The fourth-order valence-corrected chi connectivity index (χ4v) is 10.2. The number of nitrogens with zero attached hydrogens (tertiary/aromatic N) is 1. The molecule has 1 heterocycles.